The van der Waals surface area contributed by atoms with E-state index >= 15 is 0 Å². The lowest BCUT2D eigenvalue weighted by atomic mass is 10.3. The fraction of sp³-hybridized carbons (Fsp3) is 0.333. The predicted octanol–water partition coefficient (Wildman–Crippen LogP) is 0.383. The number of anilines is 1. The fourth-order valence-electron chi connectivity index (χ4n) is 0.724. The van der Waals surface area contributed by atoms with E-state index in [1.807, 2.05) is 29.6 Å². The molecule has 4 nitrogen and oxygen atoms in total. The van der Waals surface area contributed by atoms with Gasteiger partial charge < -0.3 is 11.1 Å². The van der Waals surface area contributed by atoms with Crippen LogP contribution in [0.25, 0.3) is 0 Å². The summed E-state index contributed by atoms with van der Waals surface area (Å²) in [5, 5.41) is 2.98. The number of hydrogen-bond acceptors (Lipinski definition) is 4. The van der Waals surface area contributed by atoms with Gasteiger partial charge in [-0.05, 0) is 7.05 Å². The van der Waals surface area contributed by atoms with Gasteiger partial charge in [0.15, 0.2) is 3.83 Å². The van der Waals surface area contributed by atoms with E-state index in [-0.39, 0.29) is 0 Å². The van der Waals surface area contributed by atoms with Gasteiger partial charge in [-0.25, -0.2) is 9.97 Å². The fourth-order valence-corrected chi connectivity index (χ4v) is 1.12. The molecule has 0 amide bonds. The summed E-state index contributed by atoms with van der Waals surface area (Å²) in [4.78, 5) is 8.02. The molecule has 0 spiro atoms. The summed E-state index contributed by atoms with van der Waals surface area (Å²) in [6.45, 7) is 0.711. The second kappa shape index (κ2) is 3.82. The van der Waals surface area contributed by atoms with Crippen LogP contribution in [0.5, 0.6) is 0 Å². The zero-order chi connectivity index (χ0) is 8.27. The van der Waals surface area contributed by atoms with Crippen LogP contribution in [0.3, 0.4) is 0 Å². The van der Waals surface area contributed by atoms with Crippen molar-refractivity contribution in [1.29, 1.82) is 0 Å². The van der Waals surface area contributed by atoms with Crippen molar-refractivity contribution in [1.82, 2.24) is 15.3 Å². The molecular formula is C6H9IN4. The van der Waals surface area contributed by atoms with Gasteiger partial charge in [0.2, 0.25) is 0 Å². The third-order valence-electron chi connectivity index (χ3n) is 1.24. The topological polar surface area (TPSA) is 63.8 Å². The Bertz CT molecular complexity index is 250. The van der Waals surface area contributed by atoms with Crippen LogP contribution in [0.1, 0.15) is 5.56 Å². The second-order valence-corrected chi connectivity index (χ2v) is 3.04. The Morgan fingerprint density at radius 1 is 1.73 bits per heavy atom. The van der Waals surface area contributed by atoms with Gasteiger partial charge in [0.1, 0.15) is 5.82 Å². The lowest BCUT2D eigenvalue weighted by Crippen LogP contribution is -2.10. The molecule has 1 aromatic rings. The zero-order valence-corrected chi connectivity index (χ0v) is 8.29. The number of nitrogens with zero attached hydrogens (tertiary/aromatic N) is 2. The molecule has 3 N–H and O–H groups in total. The number of hydrogen-bond donors (Lipinski definition) is 2. The third kappa shape index (κ3) is 2.26. The first-order valence-corrected chi connectivity index (χ1v) is 4.23. The number of aromatic nitrogens is 2. The zero-order valence-electron chi connectivity index (χ0n) is 6.13. The molecule has 0 aliphatic heterocycles. The van der Waals surface area contributed by atoms with Crippen LogP contribution in [0.15, 0.2) is 6.20 Å². The summed E-state index contributed by atoms with van der Waals surface area (Å²) in [6.07, 6.45) is 1.74. The number of halogens is 1. The van der Waals surface area contributed by atoms with Crippen molar-refractivity contribution < 1.29 is 0 Å². The Balaban J connectivity index is 2.90. The number of nitrogens with two attached hydrogens (primary N) is 1. The normalized spacial score (nSPS) is 10.0. The molecule has 11 heavy (non-hydrogen) atoms. The van der Waals surface area contributed by atoms with E-state index in [1.54, 1.807) is 6.20 Å². The molecule has 1 heterocycles. The number of nitrogens with one attached hydrogen (secondary N) is 1. The summed E-state index contributed by atoms with van der Waals surface area (Å²) < 4.78 is 0.681. The highest BCUT2D eigenvalue weighted by molar-refractivity contribution is 14.1. The van der Waals surface area contributed by atoms with Crippen molar-refractivity contribution in [2.24, 2.45) is 0 Å². The summed E-state index contributed by atoms with van der Waals surface area (Å²) in [6, 6.07) is 0. The van der Waals surface area contributed by atoms with E-state index < -0.39 is 0 Å². The van der Waals surface area contributed by atoms with Crippen LogP contribution in [0.4, 0.5) is 5.82 Å². The molecule has 5 heteroatoms. The first-order chi connectivity index (χ1) is 5.24. The molecule has 0 radical (unpaired) electrons. The molecule has 0 aliphatic rings. The van der Waals surface area contributed by atoms with E-state index in [9.17, 15) is 0 Å². The Kier molecular flexibility index (Phi) is 3.01. The van der Waals surface area contributed by atoms with Crippen molar-refractivity contribution in [2.45, 2.75) is 6.54 Å². The van der Waals surface area contributed by atoms with Gasteiger partial charge in [-0.3, -0.25) is 0 Å². The molecule has 0 fully saturated rings. The van der Waals surface area contributed by atoms with Gasteiger partial charge in [0.05, 0.1) is 0 Å². The van der Waals surface area contributed by atoms with Gasteiger partial charge in [-0.2, -0.15) is 0 Å². The van der Waals surface area contributed by atoms with Gasteiger partial charge in [0, 0.05) is 40.9 Å². The maximum absolute atomic E-state index is 5.61. The highest BCUT2D eigenvalue weighted by atomic mass is 127. The van der Waals surface area contributed by atoms with Gasteiger partial charge in [-0.15, -0.1) is 0 Å². The molecule has 1 rings (SSSR count). The Morgan fingerprint density at radius 3 is 3.00 bits per heavy atom. The van der Waals surface area contributed by atoms with Crippen molar-refractivity contribution in [3.05, 3.63) is 15.6 Å². The molecule has 0 aromatic carbocycles. The van der Waals surface area contributed by atoms with E-state index in [4.69, 9.17) is 5.73 Å². The first kappa shape index (κ1) is 8.66. The van der Waals surface area contributed by atoms with Crippen LogP contribution in [-0.2, 0) is 6.54 Å². The summed E-state index contributed by atoms with van der Waals surface area (Å²) >= 11 is 2.03. The Morgan fingerprint density at radius 2 is 2.45 bits per heavy atom. The van der Waals surface area contributed by atoms with Crippen LogP contribution < -0.4 is 11.1 Å². The minimum Gasteiger partial charge on any atom is -0.383 e. The van der Waals surface area contributed by atoms with Crippen molar-refractivity contribution >= 4 is 28.4 Å². The van der Waals surface area contributed by atoms with Crippen molar-refractivity contribution in [3.8, 4) is 0 Å². The quantitative estimate of drug-likeness (QED) is 0.599. The van der Waals surface area contributed by atoms with Gasteiger partial charge in [0.25, 0.3) is 0 Å². The monoisotopic (exact) mass is 264 g/mol. The number of nitrogen functional groups attached to an aromatic ring is 1. The Hall–Kier alpha value is -0.430. The molecule has 0 atom stereocenters. The van der Waals surface area contributed by atoms with Gasteiger partial charge >= 0.3 is 0 Å². The molecule has 1 aromatic heterocycles. The standard InChI is InChI=1S/C6H9IN4/c1-9-2-4-3-10-6(7)11-5(4)8/h3,9H,2H2,1H3,(H2,8,10,11). The lowest BCUT2D eigenvalue weighted by Gasteiger charge is -2.02. The molecule has 0 saturated carbocycles. The molecule has 0 aliphatic carbocycles. The van der Waals surface area contributed by atoms with Gasteiger partial charge in [-0.1, -0.05) is 0 Å². The molecule has 60 valence electrons. The number of rotatable bonds is 2. The average Bonchev–Trinajstić information content (AvgIpc) is 1.95. The van der Waals surface area contributed by atoms with E-state index in [1.165, 1.54) is 0 Å². The minimum atomic E-state index is 0.554. The maximum atomic E-state index is 5.61. The highest BCUT2D eigenvalue weighted by Gasteiger charge is 1.99. The van der Waals surface area contributed by atoms with Crippen LogP contribution in [0.2, 0.25) is 0 Å². The second-order valence-electron chi connectivity index (χ2n) is 2.08. The molecule has 0 bridgehead atoms. The predicted molar refractivity (Wildman–Crippen MR) is 51.9 cm³/mol. The van der Waals surface area contributed by atoms with Crippen LogP contribution >= 0.6 is 22.6 Å². The van der Waals surface area contributed by atoms with Crippen molar-refractivity contribution in [3.63, 3.8) is 0 Å². The largest absolute Gasteiger partial charge is 0.383 e. The molecule has 0 saturated heterocycles. The third-order valence-corrected chi connectivity index (χ3v) is 1.76. The van der Waals surface area contributed by atoms with E-state index in [0.717, 1.165) is 5.56 Å². The van der Waals surface area contributed by atoms with Crippen LogP contribution in [0, 0.1) is 3.83 Å². The van der Waals surface area contributed by atoms with Crippen molar-refractivity contribution in [2.75, 3.05) is 12.8 Å². The van der Waals surface area contributed by atoms with Crippen LogP contribution in [-0.4, -0.2) is 17.0 Å². The summed E-state index contributed by atoms with van der Waals surface area (Å²) in [5.41, 5.74) is 6.55. The minimum absolute atomic E-state index is 0.554. The maximum Gasteiger partial charge on any atom is 0.192 e. The first-order valence-electron chi connectivity index (χ1n) is 3.15. The SMILES string of the molecule is CNCc1cnc(I)nc1N. The molecular weight excluding hydrogens is 255 g/mol. The Labute approximate surface area is 78.8 Å². The smallest absolute Gasteiger partial charge is 0.192 e. The summed E-state index contributed by atoms with van der Waals surface area (Å²) in [7, 11) is 1.86. The lowest BCUT2D eigenvalue weighted by molar-refractivity contribution is 0.807. The average molecular weight is 264 g/mol. The molecule has 0 unspecified atom stereocenters. The highest BCUT2D eigenvalue weighted by Crippen LogP contribution is 2.07. The summed E-state index contributed by atoms with van der Waals surface area (Å²) in [5.74, 6) is 0.554. The van der Waals surface area contributed by atoms with E-state index in [2.05, 4.69) is 15.3 Å². The van der Waals surface area contributed by atoms with E-state index in [0.29, 0.717) is 16.2 Å².